The number of carboxylic acid groups (broad SMARTS) is 1. The molecule has 0 unspecified atom stereocenters. The summed E-state index contributed by atoms with van der Waals surface area (Å²) in [5.41, 5.74) is 8.45. The van der Waals surface area contributed by atoms with E-state index in [4.69, 9.17) is 21.5 Å². The number of rotatable bonds is 13. The Hall–Kier alpha value is -6.66. The van der Waals surface area contributed by atoms with E-state index in [2.05, 4.69) is 91.5 Å². The number of carbonyl (C=O) groups excluding carboxylic acids is 3. The molecule has 14 nitrogen and oxygen atoms in total. The second-order valence-electron chi connectivity index (χ2n) is 15.2. The Kier molecular flexibility index (Phi) is 22.0. The van der Waals surface area contributed by atoms with Crippen LogP contribution in [0.15, 0.2) is 106 Å². The number of halogens is 5. The van der Waals surface area contributed by atoms with Crippen LogP contribution in [-0.2, 0) is 24.7 Å². The van der Waals surface area contributed by atoms with Crippen LogP contribution in [0.4, 0.5) is 28.9 Å². The number of benzene rings is 4. The van der Waals surface area contributed by atoms with Gasteiger partial charge in [-0.05, 0) is 103 Å². The number of guanidine groups is 1. The zero-order chi connectivity index (χ0) is 48.8. The third-order valence-electron chi connectivity index (χ3n) is 9.16. The molecule has 5 rings (SSSR count). The van der Waals surface area contributed by atoms with E-state index in [0.29, 0.717) is 36.7 Å². The zero-order valence-corrected chi connectivity index (χ0v) is 37.7. The average molecular weight is 927 g/mol. The van der Waals surface area contributed by atoms with Crippen LogP contribution in [0, 0.1) is 11.2 Å². The first-order chi connectivity index (χ1) is 30.7. The van der Waals surface area contributed by atoms with Crippen molar-refractivity contribution in [3.63, 3.8) is 0 Å². The molecule has 0 aromatic heterocycles. The predicted molar refractivity (Wildman–Crippen MR) is 248 cm³/mol. The molecular formula is C46H55ClF4N8O6. The standard InChI is InChI=1S/C28H31ClF4N6O3.C16H17NO.CH5N.CH2O2/c1-17(40)35-14-26(2,3)15-36-23(41)21-10-9-20(13-22(21)30)37-24(38-25(34-4)42-16-28(31,32)33)39-27(11-12-27)18-5-7-19(29)8-6-18;1-12(2)13-3-5-14(6-4-13)15-7-9-16(10-8-15)17-11-18;1-2;2-1-3/h5-10,13H,4,11-12,14-16H2,1-3H3,(H,35,40)(H,36,41)(H,37,39);3-12H,1-2H3,(H,17,18);2H2,1H3;1H,(H,2,3)/b38-25+;;;. The van der Waals surface area contributed by atoms with Gasteiger partial charge in [-0.15, -0.1) is 0 Å². The number of amidine groups is 1. The van der Waals surface area contributed by atoms with Crippen molar-refractivity contribution in [3.05, 3.63) is 119 Å². The van der Waals surface area contributed by atoms with Gasteiger partial charge in [0, 0.05) is 36.4 Å². The molecular weight excluding hydrogens is 872 g/mol. The van der Waals surface area contributed by atoms with Crippen molar-refractivity contribution >= 4 is 66.4 Å². The summed E-state index contributed by atoms with van der Waals surface area (Å²) in [6.07, 6.45) is -2.73. The van der Waals surface area contributed by atoms with E-state index in [1.165, 1.54) is 37.2 Å². The van der Waals surface area contributed by atoms with Gasteiger partial charge in [0.05, 0.1) is 11.1 Å². The monoisotopic (exact) mass is 926 g/mol. The van der Waals surface area contributed by atoms with Gasteiger partial charge in [-0.25, -0.2) is 14.4 Å². The number of carbonyl (C=O) groups is 4. The molecule has 350 valence electrons. The van der Waals surface area contributed by atoms with Gasteiger partial charge in [0.25, 0.3) is 12.4 Å². The summed E-state index contributed by atoms with van der Waals surface area (Å²) in [5, 5.41) is 18.1. The molecule has 0 saturated heterocycles. The zero-order valence-electron chi connectivity index (χ0n) is 36.9. The molecule has 1 aliphatic carbocycles. The fraction of sp³-hybridized carbons (Fsp3) is 0.326. The third-order valence-corrected chi connectivity index (χ3v) is 9.41. The molecule has 0 heterocycles. The number of alkyl halides is 3. The third kappa shape index (κ3) is 19.3. The maximum Gasteiger partial charge on any atom is 0.422 e. The van der Waals surface area contributed by atoms with Crippen LogP contribution in [0.25, 0.3) is 11.1 Å². The number of anilines is 2. The van der Waals surface area contributed by atoms with Crippen LogP contribution in [0.2, 0.25) is 5.02 Å². The van der Waals surface area contributed by atoms with Gasteiger partial charge in [-0.3, -0.25) is 19.2 Å². The molecule has 0 bridgehead atoms. The summed E-state index contributed by atoms with van der Waals surface area (Å²) < 4.78 is 57.8. The van der Waals surface area contributed by atoms with Crippen molar-refractivity contribution in [2.75, 3.05) is 37.4 Å². The van der Waals surface area contributed by atoms with Gasteiger partial charge in [0.2, 0.25) is 18.3 Å². The lowest BCUT2D eigenvalue weighted by atomic mass is 9.93. The molecule has 0 spiro atoms. The number of aliphatic imine (C=N–C) groups is 3. The molecule has 4 aromatic rings. The maximum absolute atomic E-state index is 15.0. The fourth-order valence-corrected chi connectivity index (χ4v) is 5.74. The van der Waals surface area contributed by atoms with Crippen LogP contribution in [0.5, 0.6) is 0 Å². The van der Waals surface area contributed by atoms with Crippen molar-refractivity contribution in [2.24, 2.45) is 26.1 Å². The van der Waals surface area contributed by atoms with Crippen LogP contribution >= 0.6 is 11.6 Å². The minimum Gasteiger partial charge on any atom is -0.483 e. The van der Waals surface area contributed by atoms with E-state index in [0.717, 1.165) is 22.9 Å². The summed E-state index contributed by atoms with van der Waals surface area (Å²) in [4.78, 5) is 54.5. The molecule has 65 heavy (non-hydrogen) atoms. The van der Waals surface area contributed by atoms with Gasteiger partial charge >= 0.3 is 12.2 Å². The Morgan fingerprint density at radius 2 is 1.45 bits per heavy atom. The van der Waals surface area contributed by atoms with Gasteiger partial charge in [0.15, 0.2) is 6.61 Å². The topological polar surface area (TPSA) is 209 Å². The first kappa shape index (κ1) is 54.5. The van der Waals surface area contributed by atoms with Gasteiger partial charge in [0.1, 0.15) is 5.82 Å². The molecule has 0 radical (unpaired) electrons. The molecule has 1 saturated carbocycles. The molecule has 19 heteroatoms. The van der Waals surface area contributed by atoms with Crippen molar-refractivity contribution in [1.82, 2.24) is 10.6 Å². The summed E-state index contributed by atoms with van der Waals surface area (Å²) in [6, 6.07) is 26.3. The van der Waals surface area contributed by atoms with Crippen molar-refractivity contribution in [2.45, 2.75) is 65.1 Å². The lowest BCUT2D eigenvalue weighted by Crippen LogP contribution is -2.41. The van der Waals surface area contributed by atoms with Gasteiger partial charge in [-0.1, -0.05) is 87.8 Å². The highest BCUT2D eigenvalue weighted by atomic mass is 35.5. The molecule has 1 fully saturated rings. The predicted octanol–water partition coefficient (Wildman–Crippen LogP) is 8.78. The highest BCUT2D eigenvalue weighted by Crippen LogP contribution is 2.50. The maximum atomic E-state index is 15.0. The van der Waals surface area contributed by atoms with E-state index >= 15 is 4.39 Å². The second kappa shape index (κ2) is 26.2. The smallest absolute Gasteiger partial charge is 0.422 e. The summed E-state index contributed by atoms with van der Waals surface area (Å²) in [6.45, 7) is 11.2. The fourth-order valence-electron chi connectivity index (χ4n) is 5.61. The number of ether oxygens (including phenoxy) is 1. The number of amides is 3. The minimum atomic E-state index is -4.64. The van der Waals surface area contributed by atoms with Crippen molar-refractivity contribution < 1.29 is 46.6 Å². The highest BCUT2D eigenvalue weighted by Gasteiger charge is 2.45. The molecule has 3 amide bonds. The number of hydrogen-bond donors (Lipinski definition) is 6. The first-order valence-corrected chi connectivity index (χ1v) is 20.4. The minimum absolute atomic E-state index is 0.115. The highest BCUT2D eigenvalue weighted by molar-refractivity contribution is 6.30. The molecule has 7 N–H and O–H groups in total. The number of hydrogen-bond acceptors (Lipinski definition) is 7. The van der Waals surface area contributed by atoms with E-state index in [9.17, 15) is 27.6 Å². The number of nitrogens with one attached hydrogen (secondary N) is 4. The second-order valence-corrected chi connectivity index (χ2v) is 15.7. The molecule has 1 aliphatic rings. The van der Waals surface area contributed by atoms with E-state index in [1.807, 2.05) is 38.1 Å². The van der Waals surface area contributed by atoms with Crippen LogP contribution in [-0.4, -0.2) is 81.4 Å². The Bertz CT molecular complexity index is 2230. The van der Waals surface area contributed by atoms with E-state index < -0.39 is 41.5 Å². The van der Waals surface area contributed by atoms with Crippen LogP contribution in [0.3, 0.4) is 0 Å². The molecule has 4 aromatic carbocycles. The number of nitrogens with two attached hydrogens (primary N) is 1. The normalized spacial score (nSPS) is 12.9. The summed E-state index contributed by atoms with van der Waals surface area (Å²) >= 11 is 5.99. The largest absolute Gasteiger partial charge is 0.483 e. The van der Waals surface area contributed by atoms with Crippen molar-refractivity contribution in [3.8, 4) is 11.1 Å². The van der Waals surface area contributed by atoms with E-state index in [-0.39, 0.29) is 36.1 Å². The van der Waals surface area contributed by atoms with Gasteiger partial charge < -0.3 is 36.8 Å². The lowest BCUT2D eigenvalue weighted by molar-refractivity contribution is -0.156. The van der Waals surface area contributed by atoms with Gasteiger partial charge in [-0.2, -0.15) is 18.2 Å². The number of nitrogens with zero attached hydrogens (tertiary/aromatic N) is 3. The van der Waals surface area contributed by atoms with Crippen molar-refractivity contribution in [1.29, 1.82) is 0 Å². The molecule has 0 atom stereocenters. The Morgan fingerprint density at radius 1 is 0.908 bits per heavy atom. The quantitative estimate of drug-likeness (QED) is 0.0330. The van der Waals surface area contributed by atoms with Crippen LogP contribution < -0.4 is 27.0 Å². The Balaban J connectivity index is 0.000000520. The average Bonchev–Trinajstić information content (AvgIpc) is 4.05. The SMILES string of the molecule is C=N/C(=N\C(=NC1(c2ccc(Cl)cc2)CC1)Nc1ccc(C(=O)NCC(C)(C)CNC(C)=O)c(F)c1)OCC(F)(F)F.CC(C)c1ccc(-c2ccc(NC=O)cc2)cc1.CN.O=CO. The Morgan fingerprint density at radius 3 is 1.92 bits per heavy atom. The Labute approximate surface area is 380 Å². The summed E-state index contributed by atoms with van der Waals surface area (Å²) in [5.74, 6) is -1.39. The van der Waals surface area contributed by atoms with E-state index in [1.54, 1.807) is 24.3 Å². The molecule has 0 aliphatic heterocycles. The van der Waals surface area contributed by atoms with Crippen LogP contribution in [0.1, 0.15) is 74.9 Å². The summed E-state index contributed by atoms with van der Waals surface area (Å²) in [7, 11) is 1.50. The first-order valence-electron chi connectivity index (χ1n) is 20.0. The lowest BCUT2D eigenvalue weighted by Gasteiger charge is -2.25.